The van der Waals surface area contributed by atoms with Crippen LogP contribution in [0.1, 0.15) is 10.4 Å². The highest BCUT2D eigenvalue weighted by Gasteiger charge is 2.43. The molecule has 0 aliphatic heterocycles. The lowest BCUT2D eigenvalue weighted by Gasteiger charge is -2.15. The standard InChI is InChI=1S/C13H11F3N2O2/c1-17-10-7-5-3-4-6-8(7)18-12(20-2)9(10)11(19)13(14,15)16/h3-6H,1-2H3,(H,17,18). The first-order valence-electron chi connectivity index (χ1n) is 5.66. The highest BCUT2D eigenvalue weighted by atomic mass is 19.4. The van der Waals surface area contributed by atoms with Crippen molar-refractivity contribution < 1.29 is 22.7 Å². The Labute approximate surface area is 112 Å². The summed E-state index contributed by atoms with van der Waals surface area (Å²) in [5.74, 6) is -2.34. The Bertz CT molecular complexity index is 668. The van der Waals surface area contributed by atoms with Crippen molar-refractivity contribution in [1.82, 2.24) is 4.98 Å². The number of nitrogens with one attached hydrogen (secondary N) is 1. The number of alkyl halides is 3. The minimum absolute atomic E-state index is 0.0507. The number of benzene rings is 1. The molecule has 0 atom stereocenters. The van der Waals surface area contributed by atoms with Gasteiger partial charge in [0.25, 0.3) is 5.78 Å². The molecule has 0 bridgehead atoms. The average Bonchev–Trinajstić information content (AvgIpc) is 2.43. The third-order valence-corrected chi connectivity index (χ3v) is 2.79. The number of rotatable bonds is 3. The molecule has 1 aromatic carbocycles. The molecule has 0 fully saturated rings. The Hall–Kier alpha value is -2.31. The molecule has 0 saturated carbocycles. The summed E-state index contributed by atoms with van der Waals surface area (Å²) >= 11 is 0. The van der Waals surface area contributed by atoms with Crippen LogP contribution >= 0.6 is 0 Å². The first-order chi connectivity index (χ1) is 9.40. The number of hydrogen-bond donors (Lipinski definition) is 1. The normalized spacial score (nSPS) is 11.4. The Morgan fingerprint density at radius 1 is 1.30 bits per heavy atom. The van der Waals surface area contributed by atoms with Gasteiger partial charge >= 0.3 is 6.18 Å². The molecule has 106 valence electrons. The second-order valence-corrected chi connectivity index (χ2v) is 3.97. The van der Waals surface area contributed by atoms with Crippen molar-refractivity contribution >= 4 is 22.4 Å². The van der Waals surface area contributed by atoms with Gasteiger partial charge in [0.2, 0.25) is 5.88 Å². The van der Waals surface area contributed by atoms with E-state index in [9.17, 15) is 18.0 Å². The maximum absolute atomic E-state index is 12.7. The number of aromatic nitrogens is 1. The third-order valence-electron chi connectivity index (χ3n) is 2.79. The number of para-hydroxylation sites is 1. The molecule has 4 nitrogen and oxygen atoms in total. The lowest BCUT2D eigenvalue weighted by atomic mass is 10.0. The lowest BCUT2D eigenvalue weighted by Crippen LogP contribution is -2.25. The number of carbonyl (C=O) groups excluding carboxylic acids is 1. The molecule has 1 aromatic heterocycles. The zero-order valence-electron chi connectivity index (χ0n) is 10.7. The van der Waals surface area contributed by atoms with Gasteiger partial charge in [-0.1, -0.05) is 18.2 Å². The molecule has 1 heterocycles. The molecule has 2 aromatic rings. The van der Waals surface area contributed by atoms with Gasteiger partial charge in [-0.2, -0.15) is 13.2 Å². The summed E-state index contributed by atoms with van der Waals surface area (Å²) < 4.78 is 43.0. The summed E-state index contributed by atoms with van der Waals surface area (Å²) in [7, 11) is 2.61. The van der Waals surface area contributed by atoms with E-state index >= 15 is 0 Å². The molecule has 0 aliphatic rings. The lowest BCUT2D eigenvalue weighted by molar-refractivity contribution is -0.0886. The van der Waals surface area contributed by atoms with Gasteiger partial charge in [0.15, 0.2) is 0 Å². The van der Waals surface area contributed by atoms with Crippen molar-refractivity contribution in [2.45, 2.75) is 6.18 Å². The molecule has 0 unspecified atom stereocenters. The van der Waals surface area contributed by atoms with Crippen LogP contribution in [0.15, 0.2) is 24.3 Å². The van der Waals surface area contributed by atoms with E-state index in [4.69, 9.17) is 4.74 Å². The molecule has 20 heavy (non-hydrogen) atoms. The van der Waals surface area contributed by atoms with Crippen LogP contribution in [0.5, 0.6) is 5.88 Å². The van der Waals surface area contributed by atoms with Crippen molar-refractivity contribution in [1.29, 1.82) is 0 Å². The fraction of sp³-hybridized carbons (Fsp3) is 0.231. The highest BCUT2D eigenvalue weighted by molar-refractivity contribution is 6.12. The van der Waals surface area contributed by atoms with Crippen LogP contribution < -0.4 is 10.1 Å². The SMILES string of the molecule is CNc1c(C(=O)C(F)(F)F)c(OC)nc2ccccc12. The Balaban J connectivity index is 2.84. The van der Waals surface area contributed by atoms with E-state index in [1.54, 1.807) is 24.3 Å². The van der Waals surface area contributed by atoms with E-state index in [0.29, 0.717) is 10.9 Å². The van der Waals surface area contributed by atoms with Gasteiger partial charge in [0.1, 0.15) is 5.56 Å². The molecule has 0 spiro atoms. The van der Waals surface area contributed by atoms with E-state index in [1.807, 2.05) is 0 Å². The van der Waals surface area contributed by atoms with Gasteiger partial charge in [-0.25, -0.2) is 4.98 Å². The molecule has 2 rings (SSSR count). The van der Waals surface area contributed by atoms with Crippen molar-refractivity contribution in [2.75, 3.05) is 19.5 Å². The maximum atomic E-state index is 12.7. The highest BCUT2D eigenvalue weighted by Crippen LogP contribution is 2.36. The second-order valence-electron chi connectivity index (χ2n) is 3.97. The zero-order valence-corrected chi connectivity index (χ0v) is 10.7. The molecule has 1 N–H and O–H groups in total. The van der Waals surface area contributed by atoms with Gasteiger partial charge < -0.3 is 10.1 Å². The monoisotopic (exact) mass is 284 g/mol. The van der Waals surface area contributed by atoms with Gasteiger partial charge in [-0.05, 0) is 6.07 Å². The summed E-state index contributed by atoms with van der Waals surface area (Å²) in [5.41, 5.74) is -0.122. The van der Waals surface area contributed by atoms with Gasteiger partial charge in [-0.15, -0.1) is 0 Å². The topological polar surface area (TPSA) is 51.2 Å². The summed E-state index contributed by atoms with van der Waals surface area (Å²) in [6.07, 6.45) is -5.00. The summed E-state index contributed by atoms with van der Waals surface area (Å²) in [6, 6.07) is 6.56. The first kappa shape index (κ1) is 14.1. The average molecular weight is 284 g/mol. The van der Waals surface area contributed by atoms with Crippen LogP contribution in [-0.2, 0) is 0 Å². The minimum Gasteiger partial charge on any atom is -0.480 e. The third kappa shape index (κ3) is 2.26. The number of anilines is 1. The van der Waals surface area contributed by atoms with Crippen LogP contribution in [0, 0.1) is 0 Å². The summed E-state index contributed by atoms with van der Waals surface area (Å²) in [6.45, 7) is 0. The van der Waals surface area contributed by atoms with Crippen molar-refractivity contribution in [3.63, 3.8) is 0 Å². The fourth-order valence-corrected chi connectivity index (χ4v) is 1.95. The second kappa shape index (κ2) is 4.99. The quantitative estimate of drug-likeness (QED) is 0.880. The molecular formula is C13H11F3N2O2. The number of hydrogen-bond acceptors (Lipinski definition) is 4. The summed E-state index contributed by atoms with van der Waals surface area (Å²) in [4.78, 5) is 15.5. The zero-order chi connectivity index (χ0) is 14.9. The number of methoxy groups -OCH3 is 1. The van der Waals surface area contributed by atoms with E-state index < -0.39 is 17.5 Å². The van der Waals surface area contributed by atoms with Crippen molar-refractivity contribution in [3.05, 3.63) is 29.8 Å². The van der Waals surface area contributed by atoms with E-state index in [2.05, 4.69) is 10.3 Å². The predicted molar refractivity (Wildman–Crippen MR) is 68.2 cm³/mol. The summed E-state index contributed by atoms with van der Waals surface area (Å²) in [5, 5.41) is 3.05. The molecule has 0 amide bonds. The number of nitrogens with zero attached hydrogens (tertiary/aromatic N) is 1. The first-order valence-corrected chi connectivity index (χ1v) is 5.66. The number of Topliss-reactive ketones (excluding diaryl/α,β-unsaturated/α-hetero) is 1. The maximum Gasteiger partial charge on any atom is 0.455 e. The van der Waals surface area contributed by atoms with Crippen LogP contribution in [0.25, 0.3) is 10.9 Å². The fourth-order valence-electron chi connectivity index (χ4n) is 1.95. The Morgan fingerprint density at radius 3 is 2.50 bits per heavy atom. The van der Waals surface area contributed by atoms with Gasteiger partial charge in [-0.3, -0.25) is 4.79 Å². The van der Waals surface area contributed by atoms with Crippen molar-refractivity contribution in [3.8, 4) is 5.88 Å². The Morgan fingerprint density at radius 2 is 1.95 bits per heavy atom. The van der Waals surface area contributed by atoms with Gasteiger partial charge in [0.05, 0.1) is 18.3 Å². The van der Waals surface area contributed by atoms with E-state index in [-0.39, 0.29) is 11.6 Å². The molecule has 0 aliphatic carbocycles. The van der Waals surface area contributed by atoms with E-state index in [0.717, 1.165) is 0 Å². The Kier molecular flexibility index (Phi) is 3.52. The van der Waals surface area contributed by atoms with E-state index in [1.165, 1.54) is 14.2 Å². The number of pyridine rings is 1. The number of carbonyl (C=O) groups is 1. The van der Waals surface area contributed by atoms with Crippen molar-refractivity contribution in [2.24, 2.45) is 0 Å². The van der Waals surface area contributed by atoms with Crippen LogP contribution in [0.2, 0.25) is 0 Å². The number of ketones is 1. The van der Waals surface area contributed by atoms with Gasteiger partial charge in [0, 0.05) is 12.4 Å². The number of fused-ring (bicyclic) bond motifs is 1. The molecule has 0 radical (unpaired) electrons. The largest absolute Gasteiger partial charge is 0.480 e. The minimum atomic E-state index is -5.00. The number of halogens is 3. The van der Waals surface area contributed by atoms with Crippen LogP contribution in [0.4, 0.5) is 18.9 Å². The predicted octanol–water partition coefficient (Wildman–Crippen LogP) is 3.03. The van der Waals surface area contributed by atoms with Crippen LogP contribution in [0.3, 0.4) is 0 Å². The van der Waals surface area contributed by atoms with Crippen LogP contribution in [-0.4, -0.2) is 31.1 Å². The molecular weight excluding hydrogens is 273 g/mol. The molecule has 0 saturated heterocycles. The molecule has 7 heteroatoms. The smallest absolute Gasteiger partial charge is 0.455 e. The number of ether oxygens (including phenoxy) is 1.